The van der Waals surface area contributed by atoms with Crippen LogP contribution in [0.15, 0.2) is 114 Å². The third kappa shape index (κ3) is 6.43. The van der Waals surface area contributed by atoms with Gasteiger partial charge in [0.05, 0.1) is 12.3 Å². The first kappa shape index (κ1) is 33.5. The van der Waals surface area contributed by atoms with Crippen LogP contribution in [-0.2, 0) is 4.74 Å². The molecule has 51 heavy (non-hydrogen) atoms. The van der Waals surface area contributed by atoms with Crippen molar-refractivity contribution in [2.75, 3.05) is 6.61 Å². The predicted molar refractivity (Wildman–Crippen MR) is 190 cm³/mol. The van der Waals surface area contributed by atoms with Crippen molar-refractivity contribution < 1.29 is 44.9 Å². The number of aliphatic hydroxyl groups is 4. The number of H-pyrrole nitrogens is 3. The number of benzene rings is 4. The second-order valence-corrected chi connectivity index (χ2v) is 11.9. The van der Waals surface area contributed by atoms with Crippen LogP contribution in [0.25, 0.3) is 32.7 Å². The average molecular weight is 691 g/mol. The van der Waals surface area contributed by atoms with Crippen LogP contribution < -0.4 is 4.74 Å². The second kappa shape index (κ2) is 14.1. The van der Waals surface area contributed by atoms with Crippen molar-refractivity contribution in [2.24, 2.45) is 4.99 Å². The minimum absolute atomic E-state index is 0.0699. The van der Waals surface area contributed by atoms with Gasteiger partial charge in [-0.05, 0) is 48.5 Å². The van der Waals surface area contributed by atoms with Crippen LogP contribution in [0.2, 0.25) is 0 Å². The Morgan fingerprint density at radius 1 is 0.706 bits per heavy atom. The number of rotatable bonds is 4. The van der Waals surface area contributed by atoms with Crippen molar-refractivity contribution in [3.63, 3.8) is 0 Å². The third-order valence-electron chi connectivity index (χ3n) is 8.72. The number of para-hydroxylation sites is 4. The van der Waals surface area contributed by atoms with Gasteiger partial charge < -0.3 is 55.1 Å². The standard InChI is InChI=1S/C16H10N2O2.C14H17NO6.C8H7NO/c19-15-9-5-1-3-7-11(9)17-13(15)14-16(20)10-6-2-4-8-12(10)18-14;16-6-10-11(17)12(18)13(19)14(21-10)20-9-5-15-8-4-2-1-3-7(8)9;10-8-5-9-7-4-2-1-3-6(7)8/h1-8,17,19H;1-5,10-19H,6H2;1-5,9-10H/t;10-,11-,12+,13-,14-;/m.1./s1. The van der Waals surface area contributed by atoms with Gasteiger partial charge in [0.1, 0.15) is 47.3 Å². The number of hydrogen-bond donors (Lipinski definition) is 9. The minimum Gasteiger partial charge on any atom is -0.506 e. The number of nitrogens with one attached hydrogen (secondary N) is 3. The predicted octanol–water partition coefficient (Wildman–Crippen LogP) is 4.41. The Labute approximate surface area is 289 Å². The maximum atomic E-state index is 12.4. The Balaban J connectivity index is 0.000000127. The number of aromatic amines is 3. The number of carbonyl (C=O) groups is 1. The SMILES string of the molecule is O=C1C(c2[nH]c3ccccc3c2O)=Nc2ccccc21.OC[C@H]1O[C@@H](Oc2c[nH]c3ccccc23)[C@H](O)[C@@H](O)[C@@H]1O.Oc1c[nH]c2ccccc12. The molecule has 13 nitrogen and oxygen atoms in total. The van der Waals surface area contributed by atoms with E-state index in [1.165, 1.54) is 0 Å². The lowest BCUT2D eigenvalue weighted by atomic mass is 9.99. The molecule has 0 spiro atoms. The molecule has 1 saturated heterocycles. The van der Waals surface area contributed by atoms with Gasteiger partial charge in [0.15, 0.2) is 5.75 Å². The number of aliphatic imine (C=N–C) groups is 1. The molecule has 0 amide bonds. The Hall–Kier alpha value is -5.96. The van der Waals surface area contributed by atoms with E-state index in [1.807, 2.05) is 72.8 Å². The van der Waals surface area contributed by atoms with Crippen LogP contribution in [-0.4, -0.2) is 94.4 Å². The summed E-state index contributed by atoms with van der Waals surface area (Å²) < 4.78 is 10.9. The molecular weight excluding hydrogens is 656 g/mol. The van der Waals surface area contributed by atoms with E-state index in [1.54, 1.807) is 36.7 Å². The van der Waals surface area contributed by atoms with E-state index in [2.05, 4.69) is 19.9 Å². The molecule has 13 heteroatoms. The quantitative estimate of drug-likeness (QED) is 0.128. The summed E-state index contributed by atoms with van der Waals surface area (Å²) in [5, 5.41) is 60.4. The van der Waals surface area contributed by atoms with Gasteiger partial charge in [0.25, 0.3) is 0 Å². The number of aromatic nitrogens is 3. The number of fused-ring (bicyclic) bond motifs is 4. The number of Topliss-reactive ketones (excluding diaryl/α,β-unsaturated/α-hetero) is 1. The highest BCUT2D eigenvalue weighted by atomic mass is 16.7. The maximum Gasteiger partial charge on any atom is 0.229 e. The fourth-order valence-electron chi connectivity index (χ4n) is 6.02. The van der Waals surface area contributed by atoms with Crippen molar-refractivity contribution in [2.45, 2.75) is 30.7 Å². The first-order chi connectivity index (χ1) is 24.7. The van der Waals surface area contributed by atoms with Gasteiger partial charge in [-0.1, -0.05) is 48.5 Å². The van der Waals surface area contributed by atoms with Gasteiger partial charge in [-0.3, -0.25) is 4.79 Å². The summed E-state index contributed by atoms with van der Waals surface area (Å²) in [4.78, 5) is 25.7. The van der Waals surface area contributed by atoms with E-state index in [0.29, 0.717) is 33.8 Å². The molecule has 3 aromatic heterocycles. The Bertz CT molecular complexity index is 2360. The lowest BCUT2D eigenvalue weighted by Crippen LogP contribution is -2.60. The van der Waals surface area contributed by atoms with Crippen LogP contribution in [0.4, 0.5) is 5.69 Å². The molecule has 0 unspecified atom stereocenters. The summed E-state index contributed by atoms with van der Waals surface area (Å²) in [5.41, 5.74) is 4.47. The van der Waals surface area contributed by atoms with E-state index in [0.717, 1.165) is 27.3 Å². The molecule has 7 aromatic rings. The van der Waals surface area contributed by atoms with Gasteiger partial charge in [0, 0.05) is 50.7 Å². The zero-order chi connectivity index (χ0) is 35.6. The Morgan fingerprint density at radius 3 is 2.00 bits per heavy atom. The lowest BCUT2D eigenvalue weighted by Gasteiger charge is -2.39. The Kier molecular flexibility index (Phi) is 9.28. The van der Waals surface area contributed by atoms with Gasteiger partial charge >= 0.3 is 0 Å². The summed E-state index contributed by atoms with van der Waals surface area (Å²) in [7, 11) is 0. The molecule has 1 fully saturated rings. The van der Waals surface area contributed by atoms with Crippen LogP contribution in [0.1, 0.15) is 16.1 Å². The number of aromatic hydroxyl groups is 2. The summed E-state index contributed by atoms with van der Waals surface area (Å²) in [5.74, 6) is 0.675. The zero-order valence-corrected chi connectivity index (χ0v) is 26.8. The topological polar surface area (TPSA) is 217 Å². The second-order valence-electron chi connectivity index (χ2n) is 11.9. The van der Waals surface area contributed by atoms with E-state index in [9.17, 15) is 30.3 Å². The molecule has 5 atom stereocenters. The molecular formula is C38H34N4O9. The van der Waals surface area contributed by atoms with Crippen LogP contribution >= 0.6 is 0 Å². The molecule has 0 radical (unpaired) electrons. The number of hydrogen-bond acceptors (Lipinski definition) is 10. The average Bonchev–Trinajstić information content (AvgIpc) is 3.93. The highest BCUT2D eigenvalue weighted by molar-refractivity contribution is 6.55. The van der Waals surface area contributed by atoms with Crippen molar-refractivity contribution in [3.8, 4) is 17.2 Å². The molecule has 2 aliphatic rings. The molecule has 0 aliphatic carbocycles. The largest absolute Gasteiger partial charge is 0.506 e. The monoisotopic (exact) mass is 690 g/mol. The number of nitrogens with zero attached hydrogens (tertiary/aromatic N) is 1. The van der Waals surface area contributed by atoms with Crippen molar-refractivity contribution in [3.05, 3.63) is 121 Å². The zero-order valence-electron chi connectivity index (χ0n) is 26.8. The van der Waals surface area contributed by atoms with Crippen LogP contribution in [0.3, 0.4) is 0 Å². The molecule has 4 aromatic carbocycles. The maximum absolute atomic E-state index is 12.4. The van der Waals surface area contributed by atoms with E-state index in [4.69, 9.17) is 14.6 Å². The smallest absolute Gasteiger partial charge is 0.229 e. The number of ether oxygens (including phenoxy) is 2. The molecule has 9 rings (SSSR count). The molecule has 9 N–H and O–H groups in total. The van der Waals surface area contributed by atoms with Crippen molar-refractivity contribution >= 4 is 49.9 Å². The summed E-state index contributed by atoms with van der Waals surface area (Å²) >= 11 is 0. The van der Waals surface area contributed by atoms with E-state index < -0.39 is 37.3 Å². The van der Waals surface area contributed by atoms with Gasteiger partial charge in [-0.25, -0.2) is 4.99 Å². The summed E-state index contributed by atoms with van der Waals surface area (Å²) in [6.45, 7) is -0.487. The lowest BCUT2D eigenvalue weighted by molar-refractivity contribution is -0.277. The van der Waals surface area contributed by atoms with E-state index >= 15 is 0 Å². The fourth-order valence-corrected chi connectivity index (χ4v) is 6.02. The molecule has 0 bridgehead atoms. The normalized spacial score (nSPS) is 21.1. The first-order valence-corrected chi connectivity index (χ1v) is 16.1. The fraction of sp³-hybridized carbons (Fsp3) is 0.158. The van der Waals surface area contributed by atoms with E-state index in [-0.39, 0.29) is 17.2 Å². The summed E-state index contributed by atoms with van der Waals surface area (Å²) in [6, 6.07) is 29.6. The van der Waals surface area contributed by atoms with Gasteiger partial charge in [-0.15, -0.1) is 0 Å². The molecule has 2 aliphatic heterocycles. The van der Waals surface area contributed by atoms with Crippen molar-refractivity contribution in [1.82, 2.24) is 15.0 Å². The Morgan fingerprint density at radius 2 is 1.31 bits per heavy atom. The molecule has 0 saturated carbocycles. The highest BCUT2D eigenvalue weighted by Gasteiger charge is 2.45. The van der Waals surface area contributed by atoms with Gasteiger partial charge in [-0.2, -0.15) is 0 Å². The minimum atomic E-state index is -1.45. The van der Waals surface area contributed by atoms with Gasteiger partial charge in [0.2, 0.25) is 12.1 Å². The number of ketones is 1. The van der Waals surface area contributed by atoms with Crippen LogP contribution in [0.5, 0.6) is 17.2 Å². The summed E-state index contributed by atoms with van der Waals surface area (Å²) in [6.07, 6.45) is -3.23. The van der Waals surface area contributed by atoms with Crippen molar-refractivity contribution in [1.29, 1.82) is 0 Å². The first-order valence-electron chi connectivity index (χ1n) is 16.1. The number of aliphatic hydroxyl groups excluding tert-OH is 4. The van der Waals surface area contributed by atoms with Crippen LogP contribution in [0, 0.1) is 0 Å². The molecule has 5 heterocycles. The third-order valence-corrected chi connectivity index (χ3v) is 8.72. The molecule has 260 valence electrons. The number of carbonyl (C=O) groups excluding carboxylic acids is 1. The highest BCUT2D eigenvalue weighted by Crippen LogP contribution is 2.35.